The average Bonchev–Trinajstić information content (AvgIpc) is 3.48. The molecule has 2 aromatic carbocycles. The Morgan fingerprint density at radius 2 is 1.86 bits per heavy atom. The molecule has 5 nitrogen and oxygen atoms in total. The number of hydrogen-bond donors (Lipinski definition) is 1. The van der Waals surface area contributed by atoms with Crippen LogP contribution in [-0.2, 0) is 11.3 Å². The van der Waals surface area contributed by atoms with Crippen LogP contribution in [-0.4, -0.2) is 26.4 Å². The largest absolute Gasteiger partial charge is 0.352 e. The third-order valence-corrected chi connectivity index (χ3v) is 5.91. The summed E-state index contributed by atoms with van der Waals surface area (Å²) in [7, 11) is 0. The van der Waals surface area contributed by atoms with E-state index in [2.05, 4.69) is 32.2 Å². The van der Waals surface area contributed by atoms with Gasteiger partial charge in [-0.15, -0.1) is 10.2 Å². The zero-order valence-electron chi connectivity index (χ0n) is 15.3. The summed E-state index contributed by atoms with van der Waals surface area (Å²) < 4.78 is 2.13. The molecule has 0 bridgehead atoms. The van der Waals surface area contributed by atoms with Gasteiger partial charge in [-0.05, 0) is 36.6 Å². The lowest BCUT2D eigenvalue weighted by Gasteiger charge is -2.10. The van der Waals surface area contributed by atoms with Crippen LogP contribution in [0.4, 0.5) is 0 Å². The van der Waals surface area contributed by atoms with E-state index in [1.807, 2.05) is 42.5 Å². The van der Waals surface area contributed by atoms with Crippen LogP contribution in [0, 0.1) is 0 Å². The summed E-state index contributed by atoms with van der Waals surface area (Å²) in [4.78, 5) is 12.2. The lowest BCUT2D eigenvalue weighted by Crippen LogP contribution is -2.23. The average molecular weight is 413 g/mol. The number of hydrogen-bond acceptors (Lipinski definition) is 4. The first-order chi connectivity index (χ1) is 13.7. The van der Waals surface area contributed by atoms with Crippen LogP contribution in [0.25, 0.3) is 5.69 Å². The fourth-order valence-corrected chi connectivity index (χ4v) is 4.06. The summed E-state index contributed by atoms with van der Waals surface area (Å²) in [6.07, 6.45) is 2.75. The number of carbonyl (C=O) groups excluding carboxylic acids is 1. The molecule has 144 valence electrons. The number of carbonyl (C=O) groups is 1. The van der Waals surface area contributed by atoms with Crippen LogP contribution < -0.4 is 5.32 Å². The van der Waals surface area contributed by atoms with E-state index >= 15 is 0 Å². The van der Waals surface area contributed by atoms with Crippen molar-refractivity contribution in [2.24, 2.45) is 0 Å². The first-order valence-corrected chi connectivity index (χ1v) is 10.7. The molecule has 1 heterocycles. The Morgan fingerprint density at radius 1 is 1.11 bits per heavy atom. The Kier molecular flexibility index (Phi) is 5.98. The molecule has 1 aromatic heterocycles. The molecule has 0 aliphatic heterocycles. The van der Waals surface area contributed by atoms with Gasteiger partial charge >= 0.3 is 0 Å². The SMILES string of the molecule is O=C(CCSc1nnc(C2CC2)n1-c1ccccc1)NCc1ccccc1Cl. The third kappa shape index (κ3) is 4.56. The monoisotopic (exact) mass is 412 g/mol. The van der Waals surface area contributed by atoms with E-state index in [1.165, 1.54) is 12.8 Å². The quantitative estimate of drug-likeness (QED) is 0.549. The van der Waals surface area contributed by atoms with Crippen molar-refractivity contribution in [1.29, 1.82) is 0 Å². The number of nitrogens with one attached hydrogen (secondary N) is 1. The fraction of sp³-hybridized carbons (Fsp3) is 0.286. The molecular formula is C21H21ClN4OS. The molecule has 28 heavy (non-hydrogen) atoms. The third-order valence-electron chi connectivity index (χ3n) is 4.61. The van der Waals surface area contributed by atoms with E-state index in [4.69, 9.17) is 11.6 Å². The van der Waals surface area contributed by atoms with Crippen molar-refractivity contribution in [2.45, 2.75) is 36.9 Å². The minimum Gasteiger partial charge on any atom is -0.352 e. The maximum Gasteiger partial charge on any atom is 0.221 e. The molecule has 1 fully saturated rings. The second-order valence-electron chi connectivity index (χ2n) is 6.75. The van der Waals surface area contributed by atoms with Gasteiger partial charge in [-0.25, -0.2) is 0 Å². The second kappa shape index (κ2) is 8.80. The molecule has 0 spiro atoms. The molecule has 1 amide bonds. The minimum atomic E-state index is 0.000567. The first-order valence-electron chi connectivity index (χ1n) is 9.36. The van der Waals surface area contributed by atoms with Gasteiger partial charge in [0, 0.05) is 35.3 Å². The highest BCUT2D eigenvalue weighted by molar-refractivity contribution is 7.99. The lowest BCUT2D eigenvalue weighted by molar-refractivity contribution is -0.120. The Balaban J connectivity index is 1.35. The minimum absolute atomic E-state index is 0.000567. The molecule has 0 saturated heterocycles. The Morgan fingerprint density at radius 3 is 2.61 bits per heavy atom. The number of amides is 1. The van der Waals surface area contributed by atoms with E-state index in [1.54, 1.807) is 11.8 Å². The molecule has 3 aromatic rings. The molecule has 7 heteroatoms. The Labute approximate surface area is 173 Å². The van der Waals surface area contributed by atoms with Gasteiger partial charge in [0.1, 0.15) is 5.82 Å². The predicted octanol–water partition coefficient (Wildman–Crippen LogP) is 4.60. The molecule has 1 N–H and O–H groups in total. The van der Waals surface area contributed by atoms with Crippen molar-refractivity contribution in [1.82, 2.24) is 20.1 Å². The van der Waals surface area contributed by atoms with E-state index in [0.717, 1.165) is 22.2 Å². The molecule has 1 aliphatic rings. The second-order valence-corrected chi connectivity index (χ2v) is 8.22. The van der Waals surface area contributed by atoms with Gasteiger partial charge in [-0.1, -0.05) is 59.8 Å². The maximum absolute atomic E-state index is 12.2. The molecular weight excluding hydrogens is 392 g/mol. The summed E-state index contributed by atoms with van der Waals surface area (Å²) in [5.41, 5.74) is 1.99. The number of nitrogens with zero attached hydrogens (tertiary/aromatic N) is 3. The smallest absolute Gasteiger partial charge is 0.221 e. The number of aromatic nitrogens is 3. The van der Waals surface area contributed by atoms with Gasteiger partial charge in [-0.2, -0.15) is 0 Å². The molecule has 1 aliphatic carbocycles. The summed E-state index contributed by atoms with van der Waals surface area (Å²) in [6, 6.07) is 17.7. The lowest BCUT2D eigenvalue weighted by atomic mass is 10.2. The maximum atomic E-state index is 12.2. The van der Waals surface area contributed by atoms with Gasteiger partial charge in [0.05, 0.1) is 0 Å². The Hall–Kier alpha value is -2.31. The zero-order chi connectivity index (χ0) is 19.3. The fourth-order valence-electron chi connectivity index (χ4n) is 2.96. The molecule has 1 saturated carbocycles. The van der Waals surface area contributed by atoms with Crippen molar-refractivity contribution >= 4 is 29.3 Å². The van der Waals surface area contributed by atoms with Crippen LogP contribution in [0.15, 0.2) is 59.8 Å². The molecule has 0 unspecified atom stereocenters. The molecule has 4 rings (SSSR count). The number of benzene rings is 2. The van der Waals surface area contributed by atoms with Gasteiger partial charge in [0.25, 0.3) is 0 Å². The highest BCUT2D eigenvalue weighted by Gasteiger charge is 2.31. The van der Waals surface area contributed by atoms with E-state index < -0.39 is 0 Å². The predicted molar refractivity (Wildman–Crippen MR) is 112 cm³/mol. The van der Waals surface area contributed by atoms with Crippen molar-refractivity contribution in [3.8, 4) is 5.69 Å². The summed E-state index contributed by atoms with van der Waals surface area (Å²) in [5.74, 6) is 2.17. The van der Waals surface area contributed by atoms with Crippen LogP contribution in [0.2, 0.25) is 5.02 Å². The number of para-hydroxylation sites is 1. The van der Waals surface area contributed by atoms with E-state index in [-0.39, 0.29) is 5.91 Å². The van der Waals surface area contributed by atoms with Crippen LogP contribution in [0.3, 0.4) is 0 Å². The van der Waals surface area contributed by atoms with Crippen LogP contribution >= 0.6 is 23.4 Å². The standard InChI is InChI=1S/C21H21ClN4OS/c22-18-9-5-4-6-16(18)14-23-19(27)12-13-28-21-25-24-20(15-10-11-15)26(21)17-7-2-1-3-8-17/h1-9,15H,10-14H2,(H,23,27). The van der Waals surface area contributed by atoms with Gasteiger partial charge in [-0.3, -0.25) is 9.36 Å². The topological polar surface area (TPSA) is 59.8 Å². The summed E-state index contributed by atoms with van der Waals surface area (Å²) in [6.45, 7) is 0.440. The highest BCUT2D eigenvalue weighted by Crippen LogP contribution is 2.41. The number of halogens is 1. The van der Waals surface area contributed by atoms with Crippen molar-refractivity contribution in [2.75, 3.05) is 5.75 Å². The van der Waals surface area contributed by atoms with E-state index in [0.29, 0.717) is 29.7 Å². The number of thioether (sulfide) groups is 1. The first kappa shape index (κ1) is 19.0. The Bertz CT molecular complexity index is 956. The van der Waals surface area contributed by atoms with Gasteiger partial charge < -0.3 is 5.32 Å². The highest BCUT2D eigenvalue weighted by atomic mass is 35.5. The molecule has 0 radical (unpaired) electrons. The number of rotatable bonds is 8. The van der Waals surface area contributed by atoms with E-state index in [9.17, 15) is 4.79 Å². The van der Waals surface area contributed by atoms with Crippen LogP contribution in [0.1, 0.15) is 36.6 Å². The summed E-state index contributed by atoms with van der Waals surface area (Å²) in [5, 5.41) is 13.2. The zero-order valence-corrected chi connectivity index (χ0v) is 16.9. The van der Waals surface area contributed by atoms with Crippen molar-refractivity contribution in [3.05, 3.63) is 71.0 Å². The van der Waals surface area contributed by atoms with Crippen molar-refractivity contribution < 1.29 is 4.79 Å². The normalized spacial score (nSPS) is 13.5. The van der Waals surface area contributed by atoms with Crippen LogP contribution in [0.5, 0.6) is 0 Å². The van der Waals surface area contributed by atoms with Gasteiger partial charge in [0.2, 0.25) is 5.91 Å². The summed E-state index contributed by atoms with van der Waals surface area (Å²) >= 11 is 7.69. The van der Waals surface area contributed by atoms with Crippen molar-refractivity contribution in [3.63, 3.8) is 0 Å². The molecule has 0 atom stereocenters. The van der Waals surface area contributed by atoms with Gasteiger partial charge in [0.15, 0.2) is 5.16 Å².